The summed E-state index contributed by atoms with van der Waals surface area (Å²) in [6.07, 6.45) is 0. The molecule has 0 aromatic carbocycles. The van der Waals surface area contributed by atoms with Gasteiger partial charge in [0, 0.05) is 17.5 Å². The van der Waals surface area contributed by atoms with Crippen molar-refractivity contribution in [2.24, 2.45) is 0 Å². The fourth-order valence-electron chi connectivity index (χ4n) is 2.31. The summed E-state index contributed by atoms with van der Waals surface area (Å²) in [4.78, 5) is 3.85. The summed E-state index contributed by atoms with van der Waals surface area (Å²) in [6.45, 7) is 12.3. The first kappa shape index (κ1) is 16.3. The molecule has 0 radical (unpaired) electrons. The molecule has 0 amide bonds. The Kier molecular flexibility index (Phi) is 6.03. The first-order valence-electron chi connectivity index (χ1n) is 7.65. The van der Waals surface area contributed by atoms with E-state index in [0.29, 0.717) is 6.04 Å². The maximum absolute atomic E-state index is 6.02. The van der Waals surface area contributed by atoms with Gasteiger partial charge in [0.05, 0.1) is 13.1 Å². The standard InChI is InChI=1S/C17H26N2OS/c1-5-18-10-17-14(4)9-15(20-17)11-19(13(2)3)12-16-7-6-8-21-16/h6-9,13,18H,5,10-12H2,1-4H3. The van der Waals surface area contributed by atoms with E-state index >= 15 is 0 Å². The monoisotopic (exact) mass is 306 g/mol. The summed E-state index contributed by atoms with van der Waals surface area (Å²) >= 11 is 1.82. The average molecular weight is 306 g/mol. The highest BCUT2D eigenvalue weighted by Crippen LogP contribution is 2.20. The molecule has 0 saturated carbocycles. The molecule has 3 nitrogen and oxygen atoms in total. The molecule has 2 heterocycles. The summed E-state index contributed by atoms with van der Waals surface area (Å²) in [6, 6.07) is 6.99. The molecule has 0 unspecified atom stereocenters. The van der Waals surface area contributed by atoms with Gasteiger partial charge < -0.3 is 9.73 Å². The lowest BCUT2D eigenvalue weighted by Crippen LogP contribution is -2.29. The zero-order valence-corrected chi connectivity index (χ0v) is 14.3. The Labute approximate surface area is 132 Å². The number of nitrogens with zero attached hydrogens (tertiary/aromatic N) is 1. The molecule has 0 fully saturated rings. The van der Waals surface area contributed by atoms with E-state index in [1.807, 2.05) is 11.3 Å². The van der Waals surface area contributed by atoms with Gasteiger partial charge in [-0.2, -0.15) is 0 Å². The van der Waals surface area contributed by atoms with Crippen LogP contribution >= 0.6 is 11.3 Å². The molecule has 0 aliphatic rings. The minimum absolute atomic E-state index is 0.495. The molecule has 0 aliphatic carbocycles. The number of hydrogen-bond acceptors (Lipinski definition) is 4. The van der Waals surface area contributed by atoms with E-state index in [1.165, 1.54) is 10.4 Å². The van der Waals surface area contributed by atoms with Crippen LogP contribution in [0.15, 0.2) is 28.0 Å². The second kappa shape index (κ2) is 7.78. The maximum Gasteiger partial charge on any atom is 0.120 e. The Morgan fingerprint density at radius 3 is 2.76 bits per heavy atom. The fourth-order valence-corrected chi connectivity index (χ4v) is 3.04. The van der Waals surface area contributed by atoms with E-state index in [0.717, 1.165) is 37.7 Å². The molecule has 4 heteroatoms. The number of nitrogens with one attached hydrogen (secondary N) is 1. The zero-order valence-electron chi connectivity index (χ0n) is 13.5. The number of furan rings is 1. The molecule has 116 valence electrons. The van der Waals surface area contributed by atoms with Crippen LogP contribution in [0.1, 0.15) is 42.7 Å². The molecule has 1 N–H and O–H groups in total. The van der Waals surface area contributed by atoms with Gasteiger partial charge in [-0.3, -0.25) is 4.90 Å². The highest BCUT2D eigenvalue weighted by atomic mass is 32.1. The summed E-state index contributed by atoms with van der Waals surface area (Å²) in [5.74, 6) is 2.12. The van der Waals surface area contributed by atoms with Crippen LogP contribution in [0.25, 0.3) is 0 Å². The Morgan fingerprint density at radius 1 is 1.33 bits per heavy atom. The Morgan fingerprint density at radius 2 is 2.14 bits per heavy atom. The molecule has 2 rings (SSSR count). The third-order valence-electron chi connectivity index (χ3n) is 3.64. The molecule has 0 atom stereocenters. The van der Waals surface area contributed by atoms with Crippen molar-refractivity contribution >= 4 is 11.3 Å². The van der Waals surface area contributed by atoms with Crippen molar-refractivity contribution in [1.82, 2.24) is 10.2 Å². The summed E-state index contributed by atoms with van der Waals surface area (Å²) in [7, 11) is 0. The number of hydrogen-bond donors (Lipinski definition) is 1. The molecule has 0 aliphatic heterocycles. The highest BCUT2D eigenvalue weighted by Gasteiger charge is 2.15. The predicted octanol–water partition coefficient (Wildman–Crippen LogP) is 4.17. The fraction of sp³-hybridized carbons (Fsp3) is 0.529. The van der Waals surface area contributed by atoms with Crippen LogP contribution in [-0.4, -0.2) is 17.5 Å². The average Bonchev–Trinajstić information content (AvgIpc) is 3.06. The van der Waals surface area contributed by atoms with Crippen molar-refractivity contribution in [2.75, 3.05) is 6.54 Å². The van der Waals surface area contributed by atoms with Crippen molar-refractivity contribution in [2.45, 2.75) is 53.4 Å². The van der Waals surface area contributed by atoms with Crippen molar-refractivity contribution in [3.05, 3.63) is 45.5 Å². The normalized spacial score (nSPS) is 11.7. The number of rotatable bonds is 8. The lowest BCUT2D eigenvalue weighted by Gasteiger charge is -2.24. The molecule has 0 spiro atoms. The van der Waals surface area contributed by atoms with Gasteiger partial charge in [0.15, 0.2) is 0 Å². The van der Waals surface area contributed by atoms with E-state index in [-0.39, 0.29) is 0 Å². The summed E-state index contributed by atoms with van der Waals surface area (Å²) < 4.78 is 6.02. The van der Waals surface area contributed by atoms with Crippen molar-refractivity contribution in [3.63, 3.8) is 0 Å². The SMILES string of the molecule is CCNCc1oc(CN(Cc2cccs2)C(C)C)cc1C. The third-order valence-corrected chi connectivity index (χ3v) is 4.50. The molecule has 21 heavy (non-hydrogen) atoms. The van der Waals surface area contributed by atoms with Gasteiger partial charge in [-0.1, -0.05) is 13.0 Å². The third kappa shape index (κ3) is 4.70. The molecular formula is C17H26N2OS. The highest BCUT2D eigenvalue weighted by molar-refractivity contribution is 7.09. The summed E-state index contributed by atoms with van der Waals surface area (Å²) in [5.41, 5.74) is 1.24. The predicted molar refractivity (Wildman–Crippen MR) is 89.5 cm³/mol. The quantitative estimate of drug-likeness (QED) is 0.793. The van der Waals surface area contributed by atoms with Crippen LogP contribution in [0.4, 0.5) is 0 Å². The Bertz CT molecular complexity index is 531. The van der Waals surface area contributed by atoms with Crippen LogP contribution in [0, 0.1) is 6.92 Å². The minimum Gasteiger partial charge on any atom is -0.463 e. The van der Waals surface area contributed by atoms with Gasteiger partial charge in [0.1, 0.15) is 11.5 Å². The topological polar surface area (TPSA) is 28.4 Å². The van der Waals surface area contributed by atoms with Crippen LogP contribution in [0.3, 0.4) is 0 Å². The molecule has 2 aromatic rings. The van der Waals surface area contributed by atoms with E-state index in [4.69, 9.17) is 4.42 Å². The zero-order chi connectivity index (χ0) is 15.2. The first-order valence-corrected chi connectivity index (χ1v) is 8.53. The Balaban J connectivity index is 2.03. The van der Waals surface area contributed by atoms with Gasteiger partial charge in [-0.05, 0) is 50.4 Å². The molecular weight excluding hydrogens is 280 g/mol. The van der Waals surface area contributed by atoms with Gasteiger partial charge in [0.2, 0.25) is 0 Å². The Hall–Kier alpha value is -1.10. The second-order valence-corrected chi connectivity index (χ2v) is 6.71. The molecule has 0 bridgehead atoms. The van der Waals surface area contributed by atoms with Gasteiger partial charge >= 0.3 is 0 Å². The minimum atomic E-state index is 0.495. The number of thiophene rings is 1. The van der Waals surface area contributed by atoms with E-state index in [1.54, 1.807) is 0 Å². The smallest absolute Gasteiger partial charge is 0.120 e. The maximum atomic E-state index is 6.02. The number of aryl methyl sites for hydroxylation is 1. The van der Waals surface area contributed by atoms with Crippen molar-refractivity contribution in [1.29, 1.82) is 0 Å². The van der Waals surface area contributed by atoms with Gasteiger partial charge in [-0.25, -0.2) is 0 Å². The largest absolute Gasteiger partial charge is 0.463 e. The van der Waals surface area contributed by atoms with Gasteiger partial charge in [-0.15, -0.1) is 11.3 Å². The van der Waals surface area contributed by atoms with E-state index < -0.39 is 0 Å². The molecule has 2 aromatic heterocycles. The van der Waals surface area contributed by atoms with Crippen LogP contribution in [0.2, 0.25) is 0 Å². The lowest BCUT2D eigenvalue weighted by atomic mass is 10.2. The van der Waals surface area contributed by atoms with Crippen molar-refractivity contribution < 1.29 is 4.42 Å². The summed E-state index contributed by atoms with van der Waals surface area (Å²) in [5, 5.41) is 5.46. The van der Waals surface area contributed by atoms with Crippen LogP contribution in [0.5, 0.6) is 0 Å². The van der Waals surface area contributed by atoms with Crippen LogP contribution < -0.4 is 5.32 Å². The molecule has 0 saturated heterocycles. The van der Waals surface area contributed by atoms with Crippen LogP contribution in [-0.2, 0) is 19.6 Å². The lowest BCUT2D eigenvalue weighted by molar-refractivity contribution is 0.188. The second-order valence-electron chi connectivity index (χ2n) is 5.68. The van der Waals surface area contributed by atoms with E-state index in [9.17, 15) is 0 Å². The van der Waals surface area contributed by atoms with Crippen molar-refractivity contribution in [3.8, 4) is 0 Å². The van der Waals surface area contributed by atoms with E-state index in [2.05, 4.69) is 61.5 Å². The van der Waals surface area contributed by atoms with Gasteiger partial charge in [0.25, 0.3) is 0 Å². The first-order chi connectivity index (χ1) is 10.1.